The lowest BCUT2D eigenvalue weighted by Gasteiger charge is -2.27. The van der Waals surface area contributed by atoms with Gasteiger partial charge in [0.05, 0.1) is 19.8 Å². The Morgan fingerprint density at radius 2 is 1.79 bits per heavy atom. The molecule has 0 amide bonds. The molecule has 3 nitrogen and oxygen atoms in total. The molecule has 0 heterocycles. The Labute approximate surface area is 114 Å². The zero-order valence-corrected chi connectivity index (χ0v) is 11.4. The molecule has 0 radical (unpaired) electrons. The van der Waals surface area contributed by atoms with Crippen LogP contribution in [0, 0.1) is 0 Å². The largest absolute Gasteiger partial charge is 0.496 e. The van der Waals surface area contributed by atoms with Gasteiger partial charge in [-0.15, -0.1) is 0 Å². The van der Waals surface area contributed by atoms with Crippen molar-refractivity contribution in [2.24, 2.45) is 0 Å². The summed E-state index contributed by atoms with van der Waals surface area (Å²) in [7, 11) is 1.74. The van der Waals surface area contributed by atoms with E-state index in [0.29, 0.717) is 7.11 Å². The summed E-state index contributed by atoms with van der Waals surface area (Å²) in [5, 5.41) is 0. The van der Waals surface area contributed by atoms with Crippen molar-refractivity contribution >= 4 is 21.9 Å². The third-order valence-electron chi connectivity index (χ3n) is 2.39. The van der Waals surface area contributed by atoms with Crippen LogP contribution >= 0.6 is 15.9 Å². The van der Waals surface area contributed by atoms with Gasteiger partial charge in [-0.2, -0.15) is 13.2 Å². The van der Waals surface area contributed by atoms with Crippen molar-refractivity contribution in [3.05, 3.63) is 28.2 Å². The van der Waals surface area contributed by atoms with E-state index < -0.39 is 29.1 Å². The second-order valence-corrected chi connectivity index (χ2v) is 4.41. The van der Waals surface area contributed by atoms with Crippen LogP contribution in [0.3, 0.4) is 0 Å². The maximum atomic E-state index is 14.4. The number of ether oxygens (including phenoxy) is 2. The third-order valence-corrected chi connectivity index (χ3v) is 2.88. The van der Waals surface area contributed by atoms with E-state index in [0.717, 1.165) is 19.2 Å². The lowest BCUT2D eigenvalue weighted by Crippen LogP contribution is -2.46. The topological polar surface area (TPSA) is 35.5 Å². The Morgan fingerprint density at radius 3 is 2.21 bits per heavy atom. The van der Waals surface area contributed by atoms with Crippen molar-refractivity contribution in [1.29, 1.82) is 0 Å². The standard InChI is InChI=1S/C11H9BrF4O3/c1-18-8-4-3-6(12)5-7(8)10(13,9(17)19-2)11(14,15)16/h3-5H,1-2H3. The second-order valence-electron chi connectivity index (χ2n) is 3.49. The molecule has 106 valence electrons. The molecule has 1 aromatic rings. The minimum absolute atomic E-state index is 0.165. The van der Waals surface area contributed by atoms with Gasteiger partial charge in [0, 0.05) is 4.47 Å². The molecule has 0 aromatic heterocycles. The molecule has 0 N–H and O–H groups in total. The highest BCUT2D eigenvalue weighted by Crippen LogP contribution is 2.47. The molecule has 1 rings (SSSR count). The van der Waals surface area contributed by atoms with Crippen molar-refractivity contribution in [2.45, 2.75) is 11.8 Å². The van der Waals surface area contributed by atoms with Crippen LogP contribution in [0.25, 0.3) is 0 Å². The summed E-state index contributed by atoms with van der Waals surface area (Å²) in [6, 6.07) is 3.29. The number of carbonyl (C=O) groups excluding carboxylic acids is 1. The predicted octanol–water partition coefficient (Wildman–Crippen LogP) is 3.36. The SMILES string of the molecule is COC(=O)C(F)(c1cc(Br)ccc1OC)C(F)(F)F. The molecule has 0 aliphatic heterocycles. The molecule has 8 heteroatoms. The van der Waals surface area contributed by atoms with Gasteiger partial charge in [-0.05, 0) is 18.2 Å². The summed E-state index contributed by atoms with van der Waals surface area (Å²) in [6.45, 7) is 0. The van der Waals surface area contributed by atoms with E-state index in [1.807, 2.05) is 0 Å². The van der Waals surface area contributed by atoms with Crippen molar-refractivity contribution in [3.63, 3.8) is 0 Å². The number of alkyl halides is 4. The van der Waals surface area contributed by atoms with Gasteiger partial charge in [0.1, 0.15) is 5.75 Å². The first-order valence-electron chi connectivity index (χ1n) is 4.86. The van der Waals surface area contributed by atoms with E-state index >= 15 is 0 Å². The smallest absolute Gasteiger partial charge is 0.438 e. The molecule has 0 aliphatic rings. The number of esters is 1. The number of halogens is 5. The van der Waals surface area contributed by atoms with E-state index in [-0.39, 0.29) is 4.47 Å². The van der Waals surface area contributed by atoms with Gasteiger partial charge in [-0.25, -0.2) is 9.18 Å². The van der Waals surface area contributed by atoms with Crippen LogP contribution in [-0.4, -0.2) is 26.4 Å². The van der Waals surface area contributed by atoms with Crippen molar-refractivity contribution in [3.8, 4) is 5.75 Å². The molecule has 0 bridgehead atoms. The van der Waals surface area contributed by atoms with Crippen LogP contribution in [0.4, 0.5) is 17.6 Å². The molecule has 1 unspecified atom stereocenters. The molecule has 0 aliphatic carbocycles. The van der Waals surface area contributed by atoms with Crippen LogP contribution in [0.5, 0.6) is 5.75 Å². The van der Waals surface area contributed by atoms with E-state index in [2.05, 4.69) is 25.4 Å². The Morgan fingerprint density at radius 1 is 1.21 bits per heavy atom. The van der Waals surface area contributed by atoms with Gasteiger partial charge in [0.15, 0.2) is 0 Å². The Bertz CT molecular complexity index is 489. The van der Waals surface area contributed by atoms with Crippen LogP contribution in [0.15, 0.2) is 22.7 Å². The lowest BCUT2D eigenvalue weighted by atomic mass is 9.94. The van der Waals surface area contributed by atoms with Crippen molar-refractivity contribution < 1.29 is 31.8 Å². The summed E-state index contributed by atoms with van der Waals surface area (Å²) in [5.74, 6) is -2.47. The molecule has 0 fully saturated rings. The number of methoxy groups -OCH3 is 2. The highest BCUT2D eigenvalue weighted by atomic mass is 79.9. The van der Waals surface area contributed by atoms with E-state index in [1.54, 1.807) is 0 Å². The Hall–Kier alpha value is -1.31. The molecule has 1 aromatic carbocycles. The van der Waals surface area contributed by atoms with Gasteiger partial charge in [-0.1, -0.05) is 15.9 Å². The first-order chi connectivity index (χ1) is 8.68. The quantitative estimate of drug-likeness (QED) is 0.623. The highest BCUT2D eigenvalue weighted by Gasteiger charge is 2.65. The summed E-state index contributed by atoms with van der Waals surface area (Å²) in [4.78, 5) is 11.3. The molecular formula is C11H9BrF4O3. The van der Waals surface area contributed by atoms with Crippen LogP contribution in [-0.2, 0) is 15.2 Å². The maximum absolute atomic E-state index is 14.4. The zero-order chi connectivity index (χ0) is 14.8. The van der Waals surface area contributed by atoms with Crippen LogP contribution in [0.1, 0.15) is 5.56 Å². The summed E-state index contributed by atoms with van der Waals surface area (Å²) in [6.07, 6.45) is -5.48. The summed E-state index contributed by atoms with van der Waals surface area (Å²) >= 11 is 2.91. The van der Waals surface area contributed by atoms with E-state index in [4.69, 9.17) is 0 Å². The Kier molecular flexibility index (Phi) is 4.44. The minimum atomic E-state index is -5.48. The van der Waals surface area contributed by atoms with Gasteiger partial charge in [0.2, 0.25) is 0 Å². The molecular weight excluding hydrogens is 336 g/mol. The van der Waals surface area contributed by atoms with Crippen molar-refractivity contribution in [2.75, 3.05) is 14.2 Å². The molecule has 0 saturated carbocycles. The fourth-order valence-electron chi connectivity index (χ4n) is 1.47. The van der Waals surface area contributed by atoms with Crippen LogP contribution in [0.2, 0.25) is 0 Å². The fourth-order valence-corrected chi connectivity index (χ4v) is 1.83. The molecule has 0 saturated heterocycles. The van der Waals surface area contributed by atoms with E-state index in [9.17, 15) is 22.4 Å². The lowest BCUT2D eigenvalue weighted by molar-refractivity contribution is -0.242. The average Bonchev–Trinajstić information content (AvgIpc) is 2.35. The van der Waals surface area contributed by atoms with E-state index in [1.165, 1.54) is 6.07 Å². The van der Waals surface area contributed by atoms with Gasteiger partial charge in [0.25, 0.3) is 0 Å². The number of hydrogen-bond donors (Lipinski definition) is 0. The fraction of sp³-hybridized carbons (Fsp3) is 0.364. The average molecular weight is 345 g/mol. The highest BCUT2D eigenvalue weighted by molar-refractivity contribution is 9.10. The first-order valence-corrected chi connectivity index (χ1v) is 5.65. The normalized spacial score (nSPS) is 14.7. The maximum Gasteiger partial charge on any atom is 0.438 e. The summed E-state index contributed by atoms with van der Waals surface area (Å²) < 4.78 is 61.9. The number of rotatable bonds is 3. The number of carbonyl (C=O) groups is 1. The van der Waals surface area contributed by atoms with Gasteiger partial charge >= 0.3 is 17.8 Å². The molecule has 1 atom stereocenters. The monoisotopic (exact) mass is 344 g/mol. The number of hydrogen-bond acceptors (Lipinski definition) is 3. The van der Waals surface area contributed by atoms with Crippen molar-refractivity contribution in [1.82, 2.24) is 0 Å². The first kappa shape index (κ1) is 15.7. The van der Waals surface area contributed by atoms with Crippen LogP contribution < -0.4 is 4.74 Å². The third kappa shape index (κ3) is 2.68. The summed E-state index contributed by atoms with van der Waals surface area (Å²) in [5.41, 5.74) is -5.26. The van der Waals surface area contributed by atoms with Gasteiger partial charge < -0.3 is 9.47 Å². The zero-order valence-electron chi connectivity index (χ0n) is 9.85. The number of benzene rings is 1. The predicted molar refractivity (Wildman–Crippen MR) is 61.6 cm³/mol. The van der Waals surface area contributed by atoms with Gasteiger partial charge in [-0.3, -0.25) is 0 Å². The Balaban J connectivity index is 3.59. The molecule has 19 heavy (non-hydrogen) atoms. The minimum Gasteiger partial charge on any atom is -0.496 e. The molecule has 0 spiro atoms. The second kappa shape index (κ2) is 5.36.